The van der Waals surface area contributed by atoms with Crippen LogP contribution in [0.1, 0.15) is 47.5 Å². The van der Waals surface area contributed by atoms with Crippen LogP contribution in [0.5, 0.6) is 0 Å². The maximum Gasteiger partial charge on any atom is 0.283 e. The molecule has 4 atom stereocenters. The molecule has 0 aromatic carbocycles. The topological polar surface area (TPSA) is 162 Å². The lowest BCUT2D eigenvalue weighted by Gasteiger charge is -2.47. The van der Waals surface area contributed by atoms with E-state index in [1.165, 1.54) is 33.9 Å². The SMILES string of the molecule is CCc1nc(C(=O)c2ccc[n+](CC(N)=O)c2)c2sc(C3=C(C(=O)[O-])N4C(=O)[C@H]([C@@H](C)O)[C@H]4[C@H]3C)cn12. The Morgan fingerprint density at radius 1 is 1.35 bits per heavy atom. The number of aliphatic hydroxyl groups is 1. The maximum atomic E-state index is 13.5. The number of nitrogens with zero attached hydrogens (tertiary/aromatic N) is 4. The molecule has 5 rings (SSSR count). The van der Waals surface area contributed by atoms with Crippen molar-refractivity contribution in [1.29, 1.82) is 0 Å². The summed E-state index contributed by atoms with van der Waals surface area (Å²) >= 11 is 1.21. The highest BCUT2D eigenvalue weighted by molar-refractivity contribution is 7.18. The predicted octanol–water partition coefficient (Wildman–Crippen LogP) is -0.719. The van der Waals surface area contributed by atoms with Crippen molar-refractivity contribution in [2.75, 3.05) is 0 Å². The maximum absolute atomic E-state index is 13.5. The first-order valence-electron chi connectivity index (χ1n) is 11.8. The van der Waals surface area contributed by atoms with Gasteiger partial charge in [0, 0.05) is 30.2 Å². The van der Waals surface area contributed by atoms with Crippen LogP contribution in [0, 0.1) is 11.8 Å². The van der Waals surface area contributed by atoms with Gasteiger partial charge in [0.25, 0.3) is 5.91 Å². The number of ketones is 1. The summed E-state index contributed by atoms with van der Waals surface area (Å²) in [5, 5.41) is 22.3. The number of primary amides is 1. The Kier molecular flexibility index (Phi) is 5.95. The van der Waals surface area contributed by atoms with Crippen LogP contribution in [0.15, 0.2) is 36.4 Å². The van der Waals surface area contributed by atoms with Gasteiger partial charge in [0.15, 0.2) is 12.4 Å². The molecule has 0 unspecified atom stereocenters. The number of hydrogen-bond acceptors (Lipinski definition) is 8. The van der Waals surface area contributed by atoms with Crippen LogP contribution in [0.2, 0.25) is 0 Å². The van der Waals surface area contributed by atoms with Crippen LogP contribution in [-0.4, -0.2) is 55.1 Å². The van der Waals surface area contributed by atoms with Crippen LogP contribution in [0.25, 0.3) is 10.4 Å². The quantitative estimate of drug-likeness (QED) is 0.224. The number of β-lactam (4-membered cyclic amide) rings is 1. The third-order valence-electron chi connectivity index (χ3n) is 7.01. The molecule has 0 spiro atoms. The number of carbonyl (C=O) groups excluding carboxylic acids is 4. The number of carboxylic acid groups (broad SMARTS) is 1. The van der Waals surface area contributed by atoms with Crippen LogP contribution in [0.4, 0.5) is 0 Å². The summed E-state index contributed by atoms with van der Waals surface area (Å²) in [4.78, 5) is 56.5. The highest BCUT2D eigenvalue weighted by Gasteiger charge is 2.59. The Morgan fingerprint density at radius 3 is 2.70 bits per heavy atom. The minimum atomic E-state index is -1.46. The van der Waals surface area contributed by atoms with E-state index in [0.29, 0.717) is 33.1 Å². The molecule has 192 valence electrons. The van der Waals surface area contributed by atoms with Gasteiger partial charge in [-0.25, -0.2) is 4.98 Å². The van der Waals surface area contributed by atoms with Gasteiger partial charge in [-0.1, -0.05) is 13.8 Å². The Bertz CT molecular complexity index is 1520. The van der Waals surface area contributed by atoms with Gasteiger partial charge in [-0.05, 0) is 13.0 Å². The number of carboxylic acids is 1. The van der Waals surface area contributed by atoms with Gasteiger partial charge in [-0.3, -0.25) is 18.8 Å². The van der Waals surface area contributed by atoms with Gasteiger partial charge in [0.1, 0.15) is 16.3 Å². The van der Waals surface area contributed by atoms with Gasteiger partial charge >= 0.3 is 0 Å². The highest BCUT2D eigenvalue weighted by atomic mass is 32.1. The standard InChI is InChI=1S/C25H25N5O6S/c1-4-16-27-19(22(33)13-6-5-7-28(8-13)10-15(26)32)24-29(16)9-14(37-24)17-11(2)20-18(12(3)31)23(34)30(20)21(17)25(35)36/h5-9,11-12,18,20,31H,4,10H2,1-3H3,(H2-,26,32,35,36)/t11-,12+,18+,20+/m0/s1. The highest BCUT2D eigenvalue weighted by Crippen LogP contribution is 2.51. The average Bonchev–Trinajstić information content (AvgIpc) is 3.46. The van der Waals surface area contributed by atoms with E-state index in [-0.39, 0.29) is 29.6 Å². The minimum Gasteiger partial charge on any atom is -0.543 e. The van der Waals surface area contributed by atoms with Crippen molar-refractivity contribution in [2.45, 2.75) is 45.9 Å². The van der Waals surface area contributed by atoms with Gasteiger partial charge in [-0.2, -0.15) is 4.57 Å². The lowest BCUT2D eigenvalue weighted by molar-refractivity contribution is -0.684. The summed E-state index contributed by atoms with van der Waals surface area (Å²) < 4.78 is 3.28. The number of nitrogens with two attached hydrogens (primary N) is 1. The number of carbonyl (C=O) groups is 4. The molecule has 2 aliphatic heterocycles. The molecule has 1 fully saturated rings. The summed E-state index contributed by atoms with van der Waals surface area (Å²) in [6.07, 6.45) is 4.50. The van der Waals surface area contributed by atoms with E-state index in [2.05, 4.69) is 4.98 Å². The second-order valence-corrected chi connectivity index (χ2v) is 10.4. The molecule has 1 saturated heterocycles. The molecule has 2 aliphatic rings. The van der Waals surface area contributed by atoms with E-state index in [4.69, 9.17) is 5.73 Å². The first-order valence-corrected chi connectivity index (χ1v) is 12.7. The molecule has 0 aliphatic carbocycles. The van der Waals surface area contributed by atoms with E-state index < -0.39 is 35.8 Å². The second-order valence-electron chi connectivity index (χ2n) is 9.36. The third kappa shape index (κ3) is 3.75. The Balaban J connectivity index is 1.61. The van der Waals surface area contributed by atoms with E-state index in [1.54, 1.807) is 28.9 Å². The predicted molar refractivity (Wildman–Crippen MR) is 129 cm³/mol. The minimum absolute atomic E-state index is 0.0784. The number of pyridine rings is 1. The van der Waals surface area contributed by atoms with Crippen molar-refractivity contribution in [3.8, 4) is 0 Å². The van der Waals surface area contributed by atoms with E-state index >= 15 is 0 Å². The van der Waals surface area contributed by atoms with E-state index in [0.717, 1.165) is 0 Å². The fourth-order valence-electron chi connectivity index (χ4n) is 5.42. The largest absolute Gasteiger partial charge is 0.543 e. The molecule has 3 aromatic rings. The first-order chi connectivity index (χ1) is 17.5. The molecule has 0 radical (unpaired) electrons. The fourth-order valence-corrected chi connectivity index (χ4v) is 6.67. The van der Waals surface area contributed by atoms with Gasteiger partial charge < -0.3 is 25.6 Å². The number of imidazole rings is 1. The van der Waals surface area contributed by atoms with Gasteiger partial charge in [-0.15, -0.1) is 11.3 Å². The van der Waals surface area contributed by atoms with Crippen molar-refractivity contribution in [1.82, 2.24) is 14.3 Å². The Labute approximate surface area is 215 Å². The first kappa shape index (κ1) is 24.8. The lowest BCUT2D eigenvalue weighted by atomic mass is 9.77. The number of aliphatic carboxylic acids is 1. The molecule has 37 heavy (non-hydrogen) atoms. The molecule has 5 heterocycles. The number of rotatable bonds is 8. The average molecular weight is 524 g/mol. The Morgan fingerprint density at radius 2 is 2.08 bits per heavy atom. The van der Waals surface area contributed by atoms with Crippen LogP contribution < -0.4 is 15.4 Å². The number of aliphatic hydroxyl groups excluding tert-OH is 1. The van der Waals surface area contributed by atoms with Crippen LogP contribution >= 0.6 is 11.3 Å². The summed E-state index contributed by atoms with van der Waals surface area (Å²) in [6.45, 7) is 5.16. The number of fused-ring (bicyclic) bond motifs is 2. The molecule has 11 nitrogen and oxygen atoms in total. The molecule has 0 saturated carbocycles. The second kappa shape index (κ2) is 8.89. The fraction of sp³-hybridized carbons (Fsp3) is 0.360. The van der Waals surface area contributed by atoms with Gasteiger partial charge in [0.2, 0.25) is 18.2 Å². The molecule has 3 N–H and O–H groups in total. The number of amides is 2. The monoisotopic (exact) mass is 523 g/mol. The van der Waals surface area contributed by atoms with E-state index in [9.17, 15) is 29.4 Å². The van der Waals surface area contributed by atoms with Crippen molar-refractivity contribution < 1.29 is 34.0 Å². The molecule has 3 aromatic heterocycles. The van der Waals surface area contributed by atoms with Gasteiger partial charge in [0.05, 0.1) is 40.2 Å². The molecular formula is C25H25N5O6S. The van der Waals surface area contributed by atoms with Crippen molar-refractivity contribution in [3.63, 3.8) is 0 Å². The number of thiazole rings is 1. The zero-order valence-corrected chi connectivity index (χ0v) is 21.2. The Hall–Kier alpha value is -3.90. The summed E-state index contributed by atoms with van der Waals surface area (Å²) in [5.74, 6) is -3.25. The normalized spacial score (nSPS) is 21.8. The van der Waals surface area contributed by atoms with Crippen molar-refractivity contribution >= 4 is 45.3 Å². The molecular weight excluding hydrogens is 498 g/mol. The third-order valence-corrected chi connectivity index (χ3v) is 8.14. The summed E-state index contributed by atoms with van der Waals surface area (Å²) in [7, 11) is 0. The number of hydrogen-bond donors (Lipinski definition) is 2. The van der Waals surface area contributed by atoms with E-state index in [1.807, 2.05) is 13.8 Å². The van der Waals surface area contributed by atoms with Crippen molar-refractivity contribution in [3.05, 3.63) is 58.4 Å². The molecule has 12 heteroatoms. The number of aryl methyl sites for hydroxylation is 1. The van der Waals surface area contributed by atoms with Crippen LogP contribution in [-0.2, 0) is 27.3 Å². The summed E-state index contributed by atoms with van der Waals surface area (Å²) in [6, 6.07) is 2.78. The van der Waals surface area contributed by atoms with Crippen molar-refractivity contribution in [2.24, 2.45) is 17.6 Å². The zero-order chi connectivity index (χ0) is 26.8. The van der Waals surface area contributed by atoms with Crippen LogP contribution in [0.3, 0.4) is 0 Å². The smallest absolute Gasteiger partial charge is 0.283 e. The summed E-state index contributed by atoms with van der Waals surface area (Å²) in [5.41, 5.74) is 6.04. The number of aromatic nitrogens is 3. The molecule has 0 bridgehead atoms. The zero-order valence-electron chi connectivity index (χ0n) is 20.4. The molecule has 2 amide bonds. The lowest BCUT2D eigenvalue weighted by Crippen LogP contribution is -2.64.